The minimum Gasteiger partial charge on any atom is -0.355 e. The molecule has 4 saturated heterocycles. The lowest BCUT2D eigenvalue weighted by atomic mass is 9.99. The van der Waals surface area contributed by atoms with Gasteiger partial charge in [0.15, 0.2) is 5.96 Å². The first-order valence-electron chi connectivity index (χ1n) is 9.78. The molecule has 4 heterocycles. The molecule has 0 amide bonds. The summed E-state index contributed by atoms with van der Waals surface area (Å²) < 4.78 is 0. The molecule has 25 heavy (non-hydrogen) atoms. The van der Waals surface area contributed by atoms with E-state index >= 15 is 0 Å². The van der Waals surface area contributed by atoms with E-state index < -0.39 is 0 Å². The van der Waals surface area contributed by atoms with Gasteiger partial charge in [0.2, 0.25) is 0 Å². The van der Waals surface area contributed by atoms with E-state index in [1.807, 2.05) is 7.05 Å². The summed E-state index contributed by atoms with van der Waals surface area (Å²) >= 11 is 0. The number of benzene rings is 1. The zero-order chi connectivity index (χ0) is 17.1. The molecule has 5 nitrogen and oxygen atoms in total. The lowest BCUT2D eigenvalue weighted by molar-refractivity contribution is 0.0152. The summed E-state index contributed by atoms with van der Waals surface area (Å²) in [6, 6.07) is 11.5. The summed E-state index contributed by atoms with van der Waals surface area (Å²) in [4.78, 5) is 12.2. The van der Waals surface area contributed by atoms with Crippen molar-refractivity contribution in [3.8, 4) is 0 Å². The maximum absolute atomic E-state index is 4.56. The monoisotopic (exact) mass is 341 g/mol. The summed E-state index contributed by atoms with van der Waals surface area (Å²) in [6.07, 6.45) is 2.44. The third-order valence-electron chi connectivity index (χ3n) is 6.05. The molecule has 0 saturated carbocycles. The SMILES string of the molecule is CN=C(NCC1CN2CCN1CC2)N1CCC(Cc2ccccc2)C1. The van der Waals surface area contributed by atoms with Crippen LogP contribution in [0.4, 0.5) is 0 Å². The Hall–Kier alpha value is -1.59. The number of hydrogen-bond acceptors (Lipinski definition) is 3. The van der Waals surface area contributed by atoms with Crippen LogP contribution in [0.3, 0.4) is 0 Å². The van der Waals surface area contributed by atoms with Crippen LogP contribution in [-0.4, -0.2) is 86.1 Å². The van der Waals surface area contributed by atoms with E-state index in [-0.39, 0.29) is 0 Å². The first-order chi connectivity index (χ1) is 12.3. The minimum absolute atomic E-state index is 0.641. The smallest absolute Gasteiger partial charge is 0.193 e. The van der Waals surface area contributed by atoms with Gasteiger partial charge in [0.1, 0.15) is 0 Å². The Labute approximate surface area is 151 Å². The predicted molar refractivity (Wildman–Crippen MR) is 103 cm³/mol. The van der Waals surface area contributed by atoms with Gasteiger partial charge >= 0.3 is 0 Å². The van der Waals surface area contributed by atoms with Crippen molar-refractivity contribution in [3.63, 3.8) is 0 Å². The molecule has 5 rings (SSSR count). The number of nitrogens with one attached hydrogen (secondary N) is 1. The molecular weight excluding hydrogens is 310 g/mol. The second kappa shape index (κ2) is 7.75. The zero-order valence-electron chi connectivity index (χ0n) is 15.4. The average molecular weight is 342 g/mol. The van der Waals surface area contributed by atoms with Gasteiger partial charge in [0.25, 0.3) is 0 Å². The Morgan fingerprint density at radius 3 is 2.56 bits per heavy atom. The molecule has 1 aromatic carbocycles. The molecule has 2 bridgehead atoms. The van der Waals surface area contributed by atoms with Gasteiger partial charge in [-0.15, -0.1) is 0 Å². The summed E-state index contributed by atoms with van der Waals surface area (Å²) in [7, 11) is 1.92. The van der Waals surface area contributed by atoms with E-state index in [4.69, 9.17) is 0 Å². The highest BCUT2D eigenvalue weighted by atomic mass is 15.4. The molecule has 1 aromatic rings. The topological polar surface area (TPSA) is 34.1 Å². The van der Waals surface area contributed by atoms with Crippen LogP contribution >= 0.6 is 0 Å². The Balaban J connectivity index is 1.27. The molecule has 0 aromatic heterocycles. The summed E-state index contributed by atoms with van der Waals surface area (Å²) in [6.45, 7) is 9.43. The number of hydrogen-bond donors (Lipinski definition) is 1. The molecule has 136 valence electrons. The van der Waals surface area contributed by atoms with Gasteiger partial charge in [-0.2, -0.15) is 0 Å². The Kier molecular flexibility index (Phi) is 5.22. The lowest BCUT2D eigenvalue weighted by Gasteiger charge is -2.47. The van der Waals surface area contributed by atoms with Crippen LogP contribution in [0.15, 0.2) is 35.3 Å². The predicted octanol–water partition coefficient (Wildman–Crippen LogP) is 1.13. The second-order valence-corrected chi connectivity index (χ2v) is 7.71. The van der Waals surface area contributed by atoms with E-state index in [0.717, 1.165) is 31.5 Å². The van der Waals surface area contributed by atoms with E-state index in [1.54, 1.807) is 0 Å². The summed E-state index contributed by atoms with van der Waals surface area (Å²) in [5.74, 6) is 1.83. The third-order valence-corrected chi connectivity index (χ3v) is 6.05. The van der Waals surface area contributed by atoms with E-state index in [9.17, 15) is 0 Å². The number of likely N-dealkylation sites (tertiary alicyclic amines) is 1. The van der Waals surface area contributed by atoms with Crippen LogP contribution in [0.25, 0.3) is 0 Å². The number of aliphatic imine (C=N–C) groups is 1. The summed E-state index contributed by atoms with van der Waals surface area (Å²) in [5, 5.41) is 3.66. The molecule has 2 unspecified atom stereocenters. The fourth-order valence-electron chi connectivity index (χ4n) is 4.60. The number of fused-ring (bicyclic) bond motifs is 3. The second-order valence-electron chi connectivity index (χ2n) is 7.71. The Bertz CT molecular complexity index is 579. The normalized spacial score (nSPS) is 32.2. The molecule has 4 fully saturated rings. The van der Waals surface area contributed by atoms with Crippen LogP contribution in [0.1, 0.15) is 12.0 Å². The van der Waals surface area contributed by atoms with Gasteiger partial charge in [0.05, 0.1) is 0 Å². The number of rotatable bonds is 4. The molecule has 0 spiro atoms. The number of nitrogens with zero attached hydrogens (tertiary/aromatic N) is 4. The van der Waals surface area contributed by atoms with Crippen molar-refractivity contribution in [2.75, 3.05) is 59.4 Å². The fourth-order valence-corrected chi connectivity index (χ4v) is 4.60. The third kappa shape index (κ3) is 3.98. The van der Waals surface area contributed by atoms with Gasteiger partial charge in [-0.05, 0) is 24.3 Å². The minimum atomic E-state index is 0.641. The highest BCUT2D eigenvalue weighted by Crippen LogP contribution is 2.21. The summed E-state index contributed by atoms with van der Waals surface area (Å²) in [5.41, 5.74) is 1.46. The molecule has 4 aliphatic rings. The number of guanidine groups is 1. The molecule has 5 heteroatoms. The maximum Gasteiger partial charge on any atom is 0.193 e. The van der Waals surface area contributed by atoms with Gasteiger partial charge in [0, 0.05) is 65.4 Å². The average Bonchev–Trinajstić information content (AvgIpc) is 3.12. The van der Waals surface area contributed by atoms with Gasteiger partial charge in [-0.25, -0.2) is 0 Å². The molecule has 0 radical (unpaired) electrons. The number of piperazine rings is 3. The Morgan fingerprint density at radius 1 is 1.08 bits per heavy atom. The van der Waals surface area contributed by atoms with Crippen LogP contribution in [-0.2, 0) is 6.42 Å². The van der Waals surface area contributed by atoms with Crippen LogP contribution < -0.4 is 5.32 Å². The van der Waals surface area contributed by atoms with Gasteiger partial charge < -0.3 is 10.2 Å². The van der Waals surface area contributed by atoms with Crippen molar-refractivity contribution >= 4 is 5.96 Å². The van der Waals surface area contributed by atoms with Gasteiger partial charge in [-0.3, -0.25) is 14.8 Å². The van der Waals surface area contributed by atoms with E-state index in [1.165, 1.54) is 51.1 Å². The van der Waals surface area contributed by atoms with Crippen molar-refractivity contribution in [2.45, 2.75) is 18.9 Å². The van der Waals surface area contributed by atoms with Gasteiger partial charge in [-0.1, -0.05) is 30.3 Å². The molecule has 2 atom stereocenters. The highest BCUT2D eigenvalue weighted by molar-refractivity contribution is 5.80. The van der Waals surface area contributed by atoms with Crippen molar-refractivity contribution in [1.29, 1.82) is 0 Å². The standard InChI is InChI=1S/C20H31N5/c1-21-20(22-14-19-16-23-9-11-24(19)12-10-23)25-8-7-18(15-25)13-17-5-3-2-4-6-17/h2-6,18-19H,7-16H2,1H3,(H,21,22). The zero-order valence-corrected chi connectivity index (χ0v) is 15.4. The Morgan fingerprint density at radius 2 is 1.88 bits per heavy atom. The van der Waals surface area contributed by atoms with Crippen molar-refractivity contribution in [1.82, 2.24) is 20.0 Å². The molecule has 0 aliphatic carbocycles. The molecular formula is C20H31N5. The maximum atomic E-state index is 4.56. The highest BCUT2D eigenvalue weighted by Gasteiger charge is 2.32. The van der Waals surface area contributed by atoms with Crippen molar-refractivity contribution < 1.29 is 0 Å². The first kappa shape index (κ1) is 16.9. The largest absolute Gasteiger partial charge is 0.355 e. The lowest BCUT2D eigenvalue weighted by Crippen LogP contribution is -2.63. The molecule has 1 N–H and O–H groups in total. The van der Waals surface area contributed by atoms with Crippen LogP contribution in [0.2, 0.25) is 0 Å². The quantitative estimate of drug-likeness (QED) is 0.658. The molecule has 4 aliphatic heterocycles. The van der Waals surface area contributed by atoms with Crippen molar-refractivity contribution in [3.05, 3.63) is 35.9 Å². The van der Waals surface area contributed by atoms with Crippen LogP contribution in [0, 0.1) is 5.92 Å². The van der Waals surface area contributed by atoms with Crippen LogP contribution in [0.5, 0.6) is 0 Å². The first-order valence-corrected chi connectivity index (χ1v) is 9.78. The van der Waals surface area contributed by atoms with Crippen molar-refractivity contribution in [2.24, 2.45) is 10.9 Å². The van der Waals surface area contributed by atoms with E-state index in [0.29, 0.717) is 6.04 Å². The van der Waals surface area contributed by atoms with E-state index in [2.05, 4.69) is 55.3 Å². The fraction of sp³-hybridized carbons (Fsp3) is 0.650.